The van der Waals surface area contributed by atoms with Crippen molar-refractivity contribution >= 4 is 0 Å². The third-order valence-electron chi connectivity index (χ3n) is 1.60. The SMILES string of the molecule is CCC(N)CCCC(N)O. The van der Waals surface area contributed by atoms with Gasteiger partial charge >= 0.3 is 0 Å². The summed E-state index contributed by atoms with van der Waals surface area (Å²) in [5.74, 6) is 0. The summed E-state index contributed by atoms with van der Waals surface area (Å²) in [6.07, 6.45) is 2.88. The van der Waals surface area contributed by atoms with Crippen LogP contribution in [0.25, 0.3) is 0 Å². The van der Waals surface area contributed by atoms with E-state index in [1.54, 1.807) is 0 Å². The van der Waals surface area contributed by atoms with Crippen LogP contribution in [0.2, 0.25) is 0 Å². The van der Waals surface area contributed by atoms with Crippen LogP contribution in [0.1, 0.15) is 32.6 Å². The molecule has 0 aliphatic carbocycles. The largest absolute Gasteiger partial charge is 0.379 e. The Morgan fingerprint density at radius 1 is 1.30 bits per heavy atom. The van der Waals surface area contributed by atoms with Gasteiger partial charge < -0.3 is 16.6 Å². The lowest BCUT2D eigenvalue weighted by Crippen LogP contribution is -2.22. The highest BCUT2D eigenvalue weighted by molar-refractivity contribution is 4.58. The summed E-state index contributed by atoms with van der Waals surface area (Å²) < 4.78 is 0. The van der Waals surface area contributed by atoms with Gasteiger partial charge in [0.05, 0.1) is 0 Å². The summed E-state index contributed by atoms with van der Waals surface area (Å²) in [4.78, 5) is 0. The van der Waals surface area contributed by atoms with Crippen molar-refractivity contribution < 1.29 is 5.11 Å². The van der Waals surface area contributed by atoms with E-state index in [1.165, 1.54) is 0 Å². The maximum absolute atomic E-state index is 8.67. The summed E-state index contributed by atoms with van der Waals surface area (Å²) in [6, 6.07) is 0.277. The number of nitrogens with two attached hydrogens (primary N) is 2. The Morgan fingerprint density at radius 3 is 2.30 bits per heavy atom. The predicted octanol–water partition coefficient (Wildman–Crippen LogP) is 0.171. The molecule has 5 N–H and O–H groups in total. The van der Waals surface area contributed by atoms with Crippen molar-refractivity contribution in [1.29, 1.82) is 0 Å². The molecule has 10 heavy (non-hydrogen) atoms. The predicted molar refractivity (Wildman–Crippen MR) is 42.3 cm³/mol. The van der Waals surface area contributed by atoms with Crippen molar-refractivity contribution in [3.63, 3.8) is 0 Å². The zero-order valence-corrected chi connectivity index (χ0v) is 6.59. The molecule has 0 aromatic heterocycles. The molecule has 0 rings (SSSR count). The molecule has 0 aliphatic heterocycles. The number of aliphatic hydroxyl groups excluding tert-OH is 1. The van der Waals surface area contributed by atoms with Crippen molar-refractivity contribution in [2.75, 3.05) is 0 Å². The van der Waals surface area contributed by atoms with Crippen molar-refractivity contribution in [3.8, 4) is 0 Å². The molecule has 0 saturated carbocycles. The second-order valence-corrected chi connectivity index (χ2v) is 2.67. The van der Waals surface area contributed by atoms with Crippen LogP contribution in [0, 0.1) is 0 Å². The van der Waals surface area contributed by atoms with Gasteiger partial charge in [0.2, 0.25) is 0 Å². The van der Waals surface area contributed by atoms with E-state index in [1.807, 2.05) is 0 Å². The highest BCUT2D eigenvalue weighted by Gasteiger charge is 2.00. The van der Waals surface area contributed by atoms with Crippen LogP contribution >= 0.6 is 0 Å². The average molecular weight is 146 g/mol. The first kappa shape index (κ1) is 9.88. The standard InChI is InChI=1S/C7H18N2O/c1-2-6(8)4-3-5-7(9)10/h6-7,10H,2-5,8-9H2,1H3. The first-order valence-corrected chi connectivity index (χ1v) is 3.86. The van der Waals surface area contributed by atoms with E-state index < -0.39 is 6.23 Å². The highest BCUT2D eigenvalue weighted by atomic mass is 16.3. The minimum absolute atomic E-state index is 0.277. The van der Waals surface area contributed by atoms with Gasteiger partial charge in [-0.25, -0.2) is 0 Å². The molecule has 0 aromatic carbocycles. The second kappa shape index (κ2) is 5.65. The zero-order chi connectivity index (χ0) is 7.98. The van der Waals surface area contributed by atoms with Gasteiger partial charge in [0, 0.05) is 6.04 Å². The molecule has 0 spiro atoms. The number of hydrogen-bond acceptors (Lipinski definition) is 3. The van der Waals surface area contributed by atoms with E-state index >= 15 is 0 Å². The van der Waals surface area contributed by atoms with Crippen LogP contribution < -0.4 is 11.5 Å². The maximum Gasteiger partial charge on any atom is 0.102 e. The Bertz CT molecular complexity index is 76.0. The van der Waals surface area contributed by atoms with Crippen LogP contribution in [0.5, 0.6) is 0 Å². The van der Waals surface area contributed by atoms with Gasteiger partial charge in [-0.2, -0.15) is 0 Å². The Hall–Kier alpha value is -0.120. The fraction of sp³-hybridized carbons (Fsp3) is 1.00. The number of hydrogen-bond donors (Lipinski definition) is 3. The van der Waals surface area contributed by atoms with Crippen molar-refractivity contribution in [1.82, 2.24) is 0 Å². The lowest BCUT2D eigenvalue weighted by molar-refractivity contribution is 0.167. The van der Waals surface area contributed by atoms with Gasteiger partial charge in [-0.1, -0.05) is 6.92 Å². The fourth-order valence-corrected chi connectivity index (χ4v) is 0.793. The van der Waals surface area contributed by atoms with E-state index in [9.17, 15) is 0 Å². The number of aliphatic hydroxyl groups is 1. The van der Waals surface area contributed by atoms with Gasteiger partial charge in [0.15, 0.2) is 0 Å². The highest BCUT2D eigenvalue weighted by Crippen LogP contribution is 2.02. The third kappa shape index (κ3) is 6.01. The molecule has 3 heteroatoms. The summed E-state index contributed by atoms with van der Waals surface area (Å²) in [5.41, 5.74) is 10.8. The maximum atomic E-state index is 8.67. The third-order valence-corrected chi connectivity index (χ3v) is 1.60. The molecule has 3 nitrogen and oxygen atoms in total. The van der Waals surface area contributed by atoms with Crippen LogP contribution in [0.15, 0.2) is 0 Å². The molecule has 0 saturated heterocycles. The molecule has 2 unspecified atom stereocenters. The molecular weight excluding hydrogens is 128 g/mol. The quantitative estimate of drug-likeness (QED) is 0.484. The molecule has 0 fully saturated rings. The first-order chi connectivity index (χ1) is 4.66. The Balaban J connectivity index is 3.03. The zero-order valence-electron chi connectivity index (χ0n) is 6.59. The molecule has 0 bridgehead atoms. The van der Waals surface area contributed by atoms with Crippen LogP contribution in [-0.2, 0) is 0 Å². The Labute approximate surface area is 62.4 Å². The van der Waals surface area contributed by atoms with Gasteiger partial charge in [0.1, 0.15) is 6.23 Å². The summed E-state index contributed by atoms with van der Waals surface area (Å²) in [6.45, 7) is 2.06. The smallest absolute Gasteiger partial charge is 0.102 e. The molecule has 0 aromatic rings. The van der Waals surface area contributed by atoms with Gasteiger partial charge in [-0.3, -0.25) is 0 Å². The van der Waals surface area contributed by atoms with Crippen LogP contribution in [0.3, 0.4) is 0 Å². The van der Waals surface area contributed by atoms with Gasteiger partial charge in [-0.15, -0.1) is 0 Å². The van der Waals surface area contributed by atoms with E-state index in [0.29, 0.717) is 6.42 Å². The normalized spacial score (nSPS) is 16.8. The van der Waals surface area contributed by atoms with Crippen LogP contribution in [-0.4, -0.2) is 17.4 Å². The summed E-state index contributed by atoms with van der Waals surface area (Å²) >= 11 is 0. The van der Waals surface area contributed by atoms with E-state index in [4.69, 9.17) is 16.6 Å². The minimum Gasteiger partial charge on any atom is -0.379 e. The Morgan fingerprint density at radius 2 is 1.90 bits per heavy atom. The Kier molecular flexibility index (Phi) is 5.58. The van der Waals surface area contributed by atoms with E-state index in [-0.39, 0.29) is 6.04 Å². The molecule has 2 atom stereocenters. The van der Waals surface area contributed by atoms with E-state index in [0.717, 1.165) is 19.3 Å². The first-order valence-electron chi connectivity index (χ1n) is 3.86. The van der Waals surface area contributed by atoms with Crippen LogP contribution in [0.4, 0.5) is 0 Å². The molecule has 0 amide bonds. The monoisotopic (exact) mass is 146 g/mol. The average Bonchev–Trinajstić information content (AvgIpc) is 1.87. The van der Waals surface area contributed by atoms with Crippen molar-refractivity contribution in [2.24, 2.45) is 11.5 Å². The van der Waals surface area contributed by atoms with Crippen molar-refractivity contribution in [2.45, 2.75) is 44.9 Å². The van der Waals surface area contributed by atoms with Gasteiger partial charge in [0.25, 0.3) is 0 Å². The molecule has 62 valence electrons. The van der Waals surface area contributed by atoms with Crippen molar-refractivity contribution in [3.05, 3.63) is 0 Å². The topological polar surface area (TPSA) is 72.3 Å². The van der Waals surface area contributed by atoms with Gasteiger partial charge in [-0.05, 0) is 25.7 Å². The molecular formula is C7H18N2O. The number of rotatable bonds is 5. The summed E-state index contributed by atoms with van der Waals surface area (Å²) in [7, 11) is 0. The van der Waals surface area contributed by atoms with E-state index in [2.05, 4.69) is 6.92 Å². The lowest BCUT2D eigenvalue weighted by atomic mass is 10.1. The minimum atomic E-state index is -0.663. The lowest BCUT2D eigenvalue weighted by Gasteiger charge is -2.08. The molecule has 0 heterocycles. The fourth-order valence-electron chi connectivity index (χ4n) is 0.793. The second-order valence-electron chi connectivity index (χ2n) is 2.67. The summed E-state index contributed by atoms with van der Waals surface area (Å²) in [5, 5.41) is 8.67. The molecule has 0 aliphatic rings. The molecule has 0 radical (unpaired) electrons.